The molecule has 5 rings (SSSR count). The van der Waals surface area contributed by atoms with Crippen molar-refractivity contribution in [3.05, 3.63) is 65.4 Å². The highest BCUT2D eigenvalue weighted by Crippen LogP contribution is 2.44. The van der Waals surface area contributed by atoms with E-state index in [1.165, 1.54) is 19.7 Å². The van der Waals surface area contributed by atoms with Crippen LogP contribution in [0.15, 0.2) is 48.5 Å². The number of para-hydroxylation sites is 2. The van der Waals surface area contributed by atoms with E-state index in [0.29, 0.717) is 18.7 Å². The van der Waals surface area contributed by atoms with Crippen LogP contribution in [0.4, 0.5) is 5.69 Å². The third-order valence-corrected chi connectivity index (χ3v) is 9.04. The quantitative estimate of drug-likeness (QED) is 0.527. The number of aromatic nitrogens is 1. The third-order valence-electron chi connectivity index (χ3n) is 7.21. The fraction of sp³-hybridized carbons (Fsp3) is 0.385. The number of carbonyl (C=O) groups excluding carboxylic acids is 2. The predicted octanol–water partition coefficient (Wildman–Crippen LogP) is 2.19. The zero-order chi connectivity index (χ0) is 25.6. The molecule has 1 aromatic heterocycles. The average Bonchev–Trinajstić information content (AvgIpc) is 3.19. The smallest absolute Gasteiger partial charge is 0.257 e. The van der Waals surface area contributed by atoms with Crippen LogP contribution in [0.1, 0.15) is 34.2 Å². The summed E-state index contributed by atoms with van der Waals surface area (Å²) in [5.41, 5.74) is 4.88. The Morgan fingerprint density at radius 2 is 1.83 bits per heavy atom. The lowest BCUT2D eigenvalue weighted by atomic mass is 9.96. The van der Waals surface area contributed by atoms with Crippen molar-refractivity contribution >= 4 is 38.4 Å². The summed E-state index contributed by atoms with van der Waals surface area (Å²) >= 11 is 0. The number of amides is 2. The van der Waals surface area contributed by atoms with Crippen LogP contribution < -0.4 is 10.2 Å². The number of hydrogen-bond acceptors (Lipinski definition) is 5. The normalized spacial score (nSPS) is 17.2. The number of fused-ring (bicyclic) bond motifs is 6. The van der Waals surface area contributed by atoms with Crippen molar-refractivity contribution < 1.29 is 18.0 Å². The molecule has 3 aromatic rings. The van der Waals surface area contributed by atoms with Gasteiger partial charge in [-0.3, -0.25) is 9.59 Å². The summed E-state index contributed by atoms with van der Waals surface area (Å²) in [7, 11) is 1.60. The Hall–Kier alpha value is -3.37. The molecule has 2 aromatic carbocycles. The van der Waals surface area contributed by atoms with Crippen LogP contribution in [0.25, 0.3) is 10.9 Å². The summed E-state index contributed by atoms with van der Waals surface area (Å²) in [6.45, 7) is 1.12. The Labute approximate surface area is 211 Å². The van der Waals surface area contributed by atoms with E-state index in [-0.39, 0.29) is 36.7 Å². The molecule has 36 heavy (non-hydrogen) atoms. The highest BCUT2D eigenvalue weighted by atomic mass is 32.2. The van der Waals surface area contributed by atoms with E-state index in [1.807, 2.05) is 48.3 Å². The largest absolute Gasteiger partial charge is 0.355 e. The van der Waals surface area contributed by atoms with E-state index in [0.717, 1.165) is 33.0 Å². The maximum absolute atomic E-state index is 13.4. The van der Waals surface area contributed by atoms with Gasteiger partial charge in [0.1, 0.15) is 6.17 Å². The molecule has 190 valence electrons. The monoisotopic (exact) mass is 509 g/mol. The number of carbonyl (C=O) groups is 2. The molecule has 2 amide bonds. The number of hydrogen-bond donors (Lipinski definition) is 1. The van der Waals surface area contributed by atoms with Gasteiger partial charge in [-0.05, 0) is 30.2 Å². The van der Waals surface area contributed by atoms with Crippen LogP contribution in [0.5, 0.6) is 0 Å². The molecule has 0 saturated heterocycles. The van der Waals surface area contributed by atoms with Gasteiger partial charge in [-0.2, -0.15) is 0 Å². The zero-order valence-corrected chi connectivity index (χ0v) is 21.6. The molecule has 3 heterocycles. The molecular formula is C26H31N5O4S. The average molecular weight is 510 g/mol. The second-order valence-corrected chi connectivity index (χ2v) is 11.8. The fourth-order valence-electron chi connectivity index (χ4n) is 5.35. The number of nitrogens with one attached hydrogen (secondary N) is 1. The molecule has 1 unspecified atom stereocenters. The first-order valence-electron chi connectivity index (χ1n) is 12.1. The number of aryl methyl sites for hydroxylation is 1. The Morgan fingerprint density at radius 3 is 2.61 bits per heavy atom. The Kier molecular flexibility index (Phi) is 6.25. The fourth-order valence-corrected chi connectivity index (χ4v) is 6.08. The zero-order valence-electron chi connectivity index (χ0n) is 20.8. The third kappa shape index (κ3) is 4.04. The molecular weight excluding hydrogens is 478 g/mol. The van der Waals surface area contributed by atoms with Crippen molar-refractivity contribution in [3.63, 3.8) is 0 Å². The van der Waals surface area contributed by atoms with Crippen LogP contribution in [0, 0.1) is 0 Å². The van der Waals surface area contributed by atoms with Crippen molar-refractivity contribution in [2.75, 3.05) is 44.9 Å². The van der Waals surface area contributed by atoms with E-state index in [1.54, 1.807) is 0 Å². The van der Waals surface area contributed by atoms with Gasteiger partial charge < -0.3 is 19.7 Å². The van der Waals surface area contributed by atoms with Crippen molar-refractivity contribution in [3.8, 4) is 0 Å². The number of rotatable bonds is 7. The van der Waals surface area contributed by atoms with Crippen LogP contribution in [-0.4, -0.2) is 74.0 Å². The van der Waals surface area contributed by atoms with E-state index < -0.39 is 10.0 Å². The molecule has 2 aliphatic heterocycles. The van der Waals surface area contributed by atoms with Gasteiger partial charge in [0.2, 0.25) is 15.9 Å². The standard InChI is InChI=1S/C26H31N5O4S/c1-28(2)36(34,35)17-14-27-23(32)13-16-30-22-11-7-4-8-18(22)19-12-15-31-25(24(19)30)29(3)21-10-6-5-9-20(21)26(31)33/h4-11,25H,12-17H2,1-3H3,(H,27,32). The second-order valence-electron chi connectivity index (χ2n) is 9.48. The minimum Gasteiger partial charge on any atom is -0.355 e. The number of sulfonamides is 1. The highest BCUT2D eigenvalue weighted by molar-refractivity contribution is 7.89. The lowest BCUT2D eigenvalue weighted by Gasteiger charge is -2.46. The minimum atomic E-state index is -3.37. The summed E-state index contributed by atoms with van der Waals surface area (Å²) in [5, 5.41) is 3.88. The van der Waals surface area contributed by atoms with Crippen LogP contribution >= 0.6 is 0 Å². The van der Waals surface area contributed by atoms with Gasteiger partial charge in [0.05, 0.1) is 22.7 Å². The van der Waals surface area contributed by atoms with Crippen LogP contribution in [0.2, 0.25) is 0 Å². The van der Waals surface area contributed by atoms with Gasteiger partial charge in [0, 0.05) is 58.1 Å². The van der Waals surface area contributed by atoms with Gasteiger partial charge in [0.25, 0.3) is 5.91 Å². The second kappa shape index (κ2) is 9.25. The van der Waals surface area contributed by atoms with Crippen molar-refractivity contribution in [2.24, 2.45) is 0 Å². The number of nitrogens with zero attached hydrogens (tertiary/aromatic N) is 4. The molecule has 2 aliphatic rings. The van der Waals surface area contributed by atoms with E-state index in [2.05, 4.69) is 26.9 Å². The van der Waals surface area contributed by atoms with Gasteiger partial charge in [0.15, 0.2) is 0 Å². The number of anilines is 1. The first-order valence-corrected chi connectivity index (χ1v) is 13.7. The maximum Gasteiger partial charge on any atom is 0.257 e. The minimum absolute atomic E-state index is 0.0241. The first kappa shape index (κ1) is 24.3. The first-order chi connectivity index (χ1) is 17.2. The summed E-state index contributed by atoms with van der Waals surface area (Å²) in [4.78, 5) is 30.1. The van der Waals surface area contributed by atoms with Crippen LogP contribution in [-0.2, 0) is 27.8 Å². The molecule has 0 bridgehead atoms. The Balaban J connectivity index is 1.45. The molecule has 0 aliphatic carbocycles. The summed E-state index contributed by atoms with van der Waals surface area (Å²) < 4.78 is 27.3. The predicted molar refractivity (Wildman–Crippen MR) is 139 cm³/mol. The Morgan fingerprint density at radius 1 is 1.11 bits per heavy atom. The van der Waals surface area contributed by atoms with Gasteiger partial charge in [-0.1, -0.05) is 30.3 Å². The lowest BCUT2D eigenvalue weighted by molar-refractivity contribution is -0.121. The van der Waals surface area contributed by atoms with Crippen LogP contribution in [0.3, 0.4) is 0 Å². The summed E-state index contributed by atoms with van der Waals surface area (Å²) in [6, 6.07) is 15.8. The van der Waals surface area contributed by atoms with Gasteiger partial charge in [-0.25, -0.2) is 12.7 Å². The topological polar surface area (TPSA) is 95.0 Å². The Bertz CT molecular complexity index is 1450. The molecule has 0 saturated carbocycles. The maximum atomic E-state index is 13.4. The van der Waals surface area contributed by atoms with E-state index >= 15 is 0 Å². The van der Waals surface area contributed by atoms with Gasteiger partial charge >= 0.3 is 0 Å². The molecule has 1 atom stereocenters. The molecule has 0 fully saturated rings. The molecule has 0 radical (unpaired) electrons. The number of benzene rings is 2. The van der Waals surface area contributed by atoms with Crippen molar-refractivity contribution in [1.82, 2.24) is 19.1 Å². The lowest BCUT2D eigenvalue weighted by Crippen LogP contribution is -2.51. The molecule has 0 spiro atoms. The van der Waals surface area contributed by atoms with Crippen molar-refractivity contribution in [2.45, 2.75) is 25.6 Å². The molecule has 10 heteroatoms. The SMILES string of the molecule is CN1c2ccccc2C(=O)N2CCc3c(n(CCC(=O)NCCS(=O)(=O)N(C)C)c4ccccc34)C21. The van der Waals surface area contributed by atoms with E-state index in [4.69, 9.17) is 0 Å². The van der Waals surface area contributed by atoms with Crippen molar-refractivity contribution in [1.29, 1.82) is 0 Å². The molecule has 9 nitrogen and oxygen atoms in total. The molecule has 1 N–H and O–H groups in total. The summed E-state index contributed by atoms with van der Waals surface area (Å²) in [5.74, 6) is -0.325. The summed E-state index contributed by atoms with van der Waals surface area (Å²) in [6.07, 6.45) is 0.681. The highest BCUT2D eigenvalue weighted by Gasteiger charge is 2.42. The van der Waals surface area contributed by atoms with Gasteiger partial charge in [-0.15, -0.1) is 0 Å². The van der Waals surface area contributed by atoms with E-state index in [9.17, 15) is 18.0 Å².